The number of rotatable bonds is 9. The van der Waals surface area contributed by atoms with E-state index in [1.54, 1.807) is 47.1 Å². The van der Waals surface area contributed by atoms with Crippen molar-refractivity contribution in [2.24, 2.45) is 0 Å². The summed E-state index contributed by atoms with van der Waals surface area (Å²) < 4.78 is 21.3. The maximum absolute atomic E-state index is 14.1. The third-order valence-electron chi connectivity index (χ3n) is 5.56. The fourth-order valence-electron chi connectivity index (χ4n) is 3.84. The molecule has 8 nitrogen and oxygen atoms in total. The molecule has 2 N–H and O–H groups in total. The van der Waals surface area contributed by atoms with E-state index in [1.807, 2.05) is 25.1 Å². The van der Waals surface area contributed by atoms with Gasteiger partial charge in [0.1, 0.15) is 11.6 Å². The van der Waals surface area contributed by atoms with E-state index < -0.39 is 5.82 Å². The molecule has 0 unspecified atom stereocenters. The number of methoxy groups -OCH3 is 1. The van der Waals surface area contributed by atoms with Crippen molar-refractivity contribution in [3.8, 4) is 28.1 Å². The monoisotopic (exact) mass is 475 g/mol. The predicted molar refractivity (Wildman–Crippen MR) is 133 cm³/mol. The Morgan fingerprint density at radius 3 is 2.74 bits per heavy atom. The van der Waals surface area contributed by atoms with Crippen molar-refractivity contribution in [3.05, 3.63) is 72.3 Å². The first kappa shape index (κ1) is 23.9. The number of nitrogens with one attached hydrogen (secondary N) is 2. The SMILES string of the molecule is COc1ccc(F)cc1-c1cc(NC=O)c2ncc(-c3cccc(C(=O)NCCN(C)C)c3)n2c1. The Bertz CT molecular complexity index is 1380. The van der Waals surface area contributed by atoms with E-state index in [9.17, 15) is 14.0 Å². The van der Waals surface area contributed by atoms with Crippen LogP contribution in [0.15, 0.2) is 60.9 Å². The molecule has 0 atom stereocenters. The summed E-state index contributed by atoms with van der Waals surface area (Å²) in [5, 5.41) is 5.59. The number of hydrogen-bond donors (Lipinski definition) is 2. The summed E-state index contributed by atoms with van der Waals surface area (Å²) in [7, 11) is 5.40. The van der Waals surface area contributed by atoms with Crippen molar-refractivity contribution in [1.29, 1.82) is 0 Å². The minimum Gasteiger partial charge on any atom is -0.496 e. The van der Waals surface area contributed by atoms with Gasteiger partial charge >= 0.3 is 0 Å². The molecule has 0 aliphatic carbocycles. The van der Waals surface area contributed by atoms with Gasteiger partial charge in [-0.25, -0.2) is 9.37 Å². The fourth-order valence-corrected chi connectivity index (χ4v) is 3.84. The number of carbonyl (C=O) groups excluding carboxylic acids is 2. The maximum Gasteiger partial charge on any atom is 0.251 e. The molecule has 2 aromatic heterocycles. The largest absolute Gasteiger partial charge is 0.496 e. The van der Waals surface area contributed by atoms with Gasteiger partial charge < -0.3 is 20.3 Å². The third kappa shape index (κ3) is 5.15. The van der Waals surface area contributed by atoms with Crippen molar-refractivity contribution in [2.45, 2.75) is 0 Å². The summed E-state index contributed by atoms with van der Waals surface area (Å²) in [6.07, 6.45) is 4.03. The lowest BCUT2D eigenvalue weighted by atomic mass is 10.0. The summed E-state index contributed by atoms with van der Waals surface area (Å²) in [6, 6.07) is 13.2. The molecular formula is C26H26FN5O3. The van der Waals surface area contributed by atoms with Crippen molar-refractivity contribution >= 4 is 23.7 Å². The zero-order chi connectivity index (χ0) is 24.9. The molecule has 0 bridgehead atoms. The number of pyridine rings is 1. The standard InChI is InChI=1S/C26H26FN5O3/c1-31(2)10-9-28-26(34)18-6-4-5-17(11-18)23-14-29-25-22(30-16-33)12-19(15-32(23)25)21-13-20(27)7-8-24(21)35-3/h4-8,11-16H,9-10H2,1-3H3,(H,28,34)(H,30,33). The van der Waals surface area contributed by atoms with E-state index in [-0.39, 0.29) is 5.91 Å². The van der Waals surface area contributed by atoms with E-state index in [0.29, 0.717) is 52.4 Å². The molecule has 0 saturated heterocycles. The Kier molecular flexibility index (Phi) is 7.07. The highest BCUT2D eigenvalue weighted by Gasteiger charge is 2.16. The first-order chi connectivity index (χ1) is 16.9. The molecule has 0 aliphatic heterocycles. The van der Waals surface area contributed by atoms with Crippen LogP contribution in [0.4, 0.5) is 10.1 Å². The van der Waals surface area contributed by atoms with Crippen LogP contribution in [0.5, 0.6) is 5.75 Å². The molecule has 0 radical (unpaired) electrons. The molecule has 0 fully saturated rings. The molecule has 2 aromatic carbocycles. The van der Waals surface area contributed by atoms with Crippen LogP contribution in [-0.2, 0) is 4.79 Å². The summed E-state index contributed by atoms with van der Waals surface area (Å²) in [4.78, 5) is 30.4. The van der Waals surface area contributed by atoms with Crippen molar-refractivity contribution in [1.82, 2.24) is 19.6 Å². The quantitative estimate of drug-likeness (QED) is 0.361. The number of fused-ring (bicyclic) bond motifs is 1. The Labute approximate surface area is 202 Å². The summed E-state index contributed by atoms with van der Waals surface area (Å²) >= 11 is 0. The molecular weight excluding hydrogens is 449 g/mol. The van der Waals surface area contributed by atoms with Gasteiger partial charge in [-0.1, -0.05) is 12.1 Å². The van der Waals surface area contributed by atoms with E-state index in [1.165, 1.54) is 19.2 Å². The summed E-state index contributed by atoms with van der Waals surface area (Å²) in [6.45, 7) is 1.27. The number of hydrogen-bond acceptors (Lipinski definition) is 5. The van der Waals surface area contributed by atoms with Crippen molar-refractivity contribution in [3.63, 3.8) is 0 Å². The number of ether oxygens (including phenoxy) is 1. The molecule has 35 heavy (non-hydrogen) atoms. The number of amides is 2. The molecule has 0 spiro atoms. The van der Waals surface area contributed by atoms with Gasteiger partial charge in [0.2, 0.25) is 6.41 Å². The van der Waals surface area contributed by atoms with Gasteiger partial charge in [-0.15, -0.1) is 0 Å². The normalized spacial score (nSPS) is 11.0. The molecule has 4 aromatic rings. The lowest BCUT2D eigenvalue weighted by Gasteiger charge is -2.13. The smallest absolute Gasteiger partial charge is 0.251 e. The maximum atomic E-state index is 14.1. The second kappa shape index (κ2) is 10.4. The van der Waals surface area contributed by atoms with Crippen LogP contribution in [0, 0.1) is 5.82 Å². The number of carbonyl (C=O) groups is 2. The molecule has 180 valence electrons. The number of nitrogens with zero attached hydrogens (tertiary/aromatic N) is 3. The first-order valence-electron chi connectivity index (χ1n) is 11.0. The van der Waals surface area contributed by atoms with E-state index in [0.717, 1.165) is 12.1 Å². The van der Waals surface area contributed by atoms with Crippen LogP contribution >= 0.6 is 0 Å². The average molecular weight is 476 g/mol. The van der Waals surface area contributed by atoms with Gasteiger partial charge in [-0.2, -0.15) is 0 Å². The third-order valence-corrected chi connectivity index (χ3v) is 5.56. The Morgan fingerprint density at radius 2 is 2.00 bits per heavy atom. The first-order valence-corrected chi connectivity index (χ1v) is 11.0. The fraction of sp³-hybridized carbons (Fsp3) is 0.192. The van der Waals surface area contributed by atoms with Gasteiger partial charge in [-0.3, -0.25) is 14.0 Å². The second-order valence-corrected chi connectivity index (χ2v) is 8.23. The van der Waals surface area contributed by atoms with E-state index >= 15 is 0 Å². The Morgan fingerprint density at radius 1 is 1.17 bits per heavy atom. The van der Waals surface area contributed by atoms with Gasteiger partial charge in [0.25, 0.3) is 5.91 Å². The number of likely N-dealkylation sites (N-methyl/N-ethyl adjacent to an activating group) is 1. The van der Waals surface area contributed by atoms with E-state index in [2.05, 4.69) is 15.6 Å². The van der Waals surface area contributed by atoms with Crippen molar-refractivity contribution < 1.29 is 18.7 Å². The van der Waals surface area contributed by atoms with Crippen LogP contribution in [0.25, 0.3) is 28.0 Å². The highest BCUT2D eigenvalue weighted by atomic mass is 19.1. The zero-order valence-corrected chi connectivity index (χ0v) is 19.7. The number of anilines is 1. The lowest BCUT2D eigenvalue weighted by molar-refractivity contribution is -0.105. The van der Waals surface area contributed by atoms with Crippen LogP contribution in [0.1, 0.15) is 10.4 Å². The Hall–Kier alpha value is -4.24. The molecule has 9 heteroatoms. The number of halogens is 1. The lowest BCUT2D eigenvalue weighted by Crippen LogP contribution is -2.31. The molecule has 0 aliphatic rings. The average Bonchev–Trinajstić information content (AvgIpc) is 3.28. The van der Waals surface area contributed by atoms with Crippen LogP contribution in [-0.4, -0.2) is 60.9 Å². The predicted octanol–water partition coefficient (Wildman–Crippen LogP) is 3.68. The molecule has 4 rings (SSSR count). The number of aromatic nitrogens is 2. The summed E-state index contributed by atoms with van der Waals surface area (Å²) in [5.41, 5.74) is 4.09. The van der Waals surface area contributed by atoms with Gasteiger partial charge in [0.05, 0.1) is 24.7 Å². The Balaban J connectivity index is 1.80. The van der Waals surface area contributed by atoms with Crippen molar-refractivity contribution in [2.75, 3.05) is 39.6 Å². The highest BCUT2D eigenvalue weighted by molar-refractivity contribution is 5.95. The number of benzene rings is 2. The van der Waals surface area contributed by atoms with Crippen LogP contribution in [0.2, 0.25) is 0 Å². The number of imidazole rings is 1. The van der Waals surface area contributed by atoms with Crippen LogP contribution < -0.4 is 15.4 Å². The second-order valence-electron chi connectivity index (χ2n) is 8.23. The molecule has 0 saturated carbocycles. The van der Waals surface area contributed by atoms with Gasteiger partial charge in [0, 0.05) is 41.5 Å². The highest BCUT2D eigenvalue weighted by Crippen LogP contribution is 2.35. The minimum absolute atomic E-state index is 0.170. The van der Waals surface area contributed by atoms with Gasteiger partial charge in [0.15, 0.2) is 5.65 Å². The van der Waals surface area contributed by atoms with E-state index in [4.69, 9.17) is 4.74 Å². The minimum atomic E-state index is -0.412. The zero-order valence-electron chi connectivity index (χ0n) is 19.7. The van der Waals surface area contributed by atoms with Gasteiger partial charge in [-0.05, 0) is 50.5 Å². The molecule has 2 heterocycles. The topological polar surface area (TPSA) is 88.0 Å². The van der Waals surface area contributed by atoms with Crippen LogP contribution in [0.3, 0.4) is 0 Å². The summed E-state index contributed by atoms with van der Waals surface area (Å²) in [5.74, 6) is -0.0958. The molecule has 2 amide bonds.